The van der Waals surface area contributed by atoms with E-state index in [1.165, 1.54) is 19.3 Å². The monoisotopic (exact) mass is 213 g/mol. The number of carbonyl (C=O) groups is 1. The van der Waals surface area contributed by atoms with E-state index in [0.717, 1.165) is 19.5 Å². The summed E-state index contributed by atoms with van der Waals surface area (Å²) >= 11 is 0. The molecule has 3 nitrogen and oxygen atoms in total. The molecule has 0 spiro atoms. The molecule has 0 radical (unpaired) electrons. The van der Waals surface area contributed by atoms with Crippen molar-refractivity contribution in [1.29, 1.82) is 0 Å². The lowest BCUT2D eigenvalue weighted by Crippen LogP contribution is -2.53. The van der Waals surface area contributed by atoms with Gasteiger partial charge in [-0.3, -0.25) is 9.69 Å². The second kappa shape index (κ2) is 4.97. The van der Waals surface area contributed by atoms with Crippen LogP contribution in [0.25, 0.3) is 0 Å². The molecule has 1 aliphatic rings. The highest BCUT2D eigenvalue weighted by Gasteiger charge is 2.41. The summed E-state index contributed by atoms with van der Waals surface area (Å²) in [4.78, 5) is 13.5. The Balaban J connectivity index is 2.70. The van der Waals surface area contributed by atoms with E-state index in [1.807, 2.05) is 20.8 Å². The molecule has 1 aliphatic carbocycles. The molecule has 0 aliphatic heterocycles. The van der Waals surface area contributed by atoms with E-state index < -0.39 is 11.5 Å². The van der Waals surface area contributed by atoms with Gasteiger partial charge in [-0.2, -0.15) is 0 Å². The summed E-state index contributed by atoms with van der Waals surface area (Å²) in [7, 11) is 0. The minimum absolute atomic E-state index is 0.631. The van der Waals surface area contributed by atoms with Crippen molar-refractivity contribution in [1.82, 2.24) is 4.90 Å². The van der Waals surface area contributed by atoms with Gasteiger partial charge in [0.15, 0.2) is 0 Å². The highest BCUT2D eigenvalue weighted by molar-refractivity contribution is 5.78. The first-order valence-corrected chi connectivity index (χ1v) is 6.03. The normalized spacial score (nSPS) is 21.1. The molecule has 0 saturated heterocycles. The predicted octanol–water partition coefficient (Wildman–Crippen LogP) is 2.36. The molecule has 0 aromatic rings. The fourth-order valence-corrected chi connectivity index (χ4v) is 2.53. The van der Waals surface area contributed by atoms with Gasteiger partial charge in [0, 0.05) is 0 Å². The van der Waals surface area contributed by atoms with Gasteiger partial charge in [0.2, 0.25) is 0 Å². The molecule has 1 atom stereocenters. The molecule has 1 unspecified atom stereocenters. The van der Waals surface area contributed by atoms with Crippen LogP contribution in [0.3, 0.4) is 0 Å². The Labute approximate surface area is 92.5 Å². The molecule has 0 amide bonds. The second-order valence-corrected chi connectivity index (χ2v) is 4.75. The largest absolute Gasteiger partial charge is 0.480 e. The number of nitrogens with zero attached hydrogens (tertiary/aromatic N) is 1. The summed E-state index contributed by atoms with van der Waals surface area (Å²) in [6.07, 6.45) is 4.51. The van der Waals surface area contributed by atoms with Gasteiger partial charge in [-0.1, -0.05) is 33.1 Å². The summed E-state index contributed by atoms with van der Waals surface area (Å²) in [6.45, 7) is 7.57. The molecule has 15 heavy (non-hydrogen) atoms. The quantitative estimate of drug-likeness (QED) is 0.736. The lowest BCUT2D eigenvalue weighted by Gasteiger charge is -2.41. The van der Waals surface area contributed by atoms with Crippen molar-refractivity contribution in [3.8, 4) is 0 Å². The Morgan fingerprint density at radius 1 is 1.40 bits per heavy atom. The van der Waals surface area contributed by atoms with Gasteiger partial charge < -0.3 is 5.11 Å². The van der Waals surface area contributed by atoms with Crippen molar-refractivity contribution in [2.45, 2.75) is 52.0 Å². The summed E-state index contributed by atoms with van der Waals surface area (Å²) < 4.78 is 0. The van der Waals surface area contributed by atoms with Crippen LogP contribution >= 0.6 is 0 Å². The third-order valence-electron chi connectivity index (χ3n) is 3.83. The van der Waals surface area contributed by atoms with E-state index in [0.29, 0.717) is 5.92 Å². The van der Waals surface area contributed by atoms with Crippen LogP contribution in [-0.4, -0.2) is 34.6 Å². The van der Waals surface area contributed by atoms with E-state index in [2.05, 4.69) is 4.90 Å². The molecule has 0 heterocycles. The van der Waals surface area contributed by atoms with Gasteiger partial charge in [-0.05, 0) is 32.4 Å². The number of hydrogen-bond acceptors (Lipinski definition) is 2. The fraction of sp³-hybridized carbons (Fsp3) is 0.917. The number of rotatable bonds is 6. The Bertz CT molecular complexity index is 222. The van der Waals surface area contributed by atoms with Crippen LogP contribution in [0.2, 0.25) is 0 Å². The maximum absolute atomic E-state index is 11.4. The average molecular weight is 213 g/mol. The van der Waals surface area contributed by atoms with E-state index in [9.17, 15) is 9.90 Å². The number of likely N-dealkylation sites (N-methyl/N-ethyl adjacent to an activating group) is 1. The first-order chi connectivity index (χ1) is 7.04. The molecule has 0 bridgehead atoms. The lowest BCUT2D eigenvalue weighted by atomic mass is 9.76. The molecule has 1 rings (SSSR count). The number of aliphatic carboxylic acids is 1. The third-order valence-corrected chi connectivity index (χ3v) is 3.83. The molecular formula is C12H23NO2. The van der Waals surface area contributed by atoms with Gasteiger partial charge in [0.05, 0.1) is 0 Å². The van der Waals surface area contributed by atoms with Crippen molar-refractivity contribution in [2.75, 3.05) is 13.1 Å². The van der Waals surface area contributed by atoms with Crippen LogP contribution in [-0.2, 0) is 4.79 Å². The van der Waals surface area contributed by atoms with Gasteiger partial charge in [-0.15, -0.1) is 0 Å². The van der Waals surface area contributed by atoms with Crippen LogP contribution in [0.15, 0.2) is 0 Å². The first kappa shape index (κ1) is 12.5. The molecule has 0 aromatic heterocycles. The van der Waals surface area contributed by atoms with Crippen LogP contribution in [0.5, 0.6) is 0 Å². The summed E-state index contributed by atoms with van der Waals surface area (Å²) in [5.74, 6) is -0.0372. The van der Waals surface area contributed by atoms with Gasteiger partial charge in [-0.25, -0.2) is 0 Å². The van der Waals surface area contributed by atoms with E-state index in [4.69, 9.17) is 0 Å². The summed E-state index contributed by atoms with van der Waals surface area (Å²) in [5.41, 5.74) is -0.658. The molecule has 1 N–H and O–H groups in total. The first-order valence-electron chi connectivity index (χ1n) is 6.03. The number of carboxylic acids is 1. The molecule has 88 valence electrons. The minimum Gasteiger partial charge on any atom is -0.480 e. The van der Waals surface area contributed by atoms with Crippen molar-refractivity contribution in [2.24, 2.45) is 5.92 Å². The summed E-state index contributed by atoms with van der Waals surface area (Å²) in [5, 5.41) is 9.39. The smallest absolute Gasteiger partial charge is 0.323 e. The zero-order valence-electron chi connectivity index (χ0n) is 10.1. The van der Waals surface area contributed by atoms with Crippen LogP contribution < -0.4 is 0 Å². The van der Waals surface area contributed by atoms with Crippen LogP contribution in [0.1, 0.15) is 46.5 Å². The zero-order chi connectivity index (χ0) is 11.5. The Hall–Kier alpha value is -0.570. The maximum Gasteiger partial charge on any atom is 0.323 e. The Morgan fingerprint density at radius 2 is 1.93 bits per heavy atom. The van der Waals surface area contributed by atoms with Crippen LogP contribution in [0, 0.1) is 5.92 Å². The zero-order valence-corrected chi connectivity index (χ0v) is 10.1. The second-order valence-electron chi connectivity index (χ2n) is 4.75. The van der Waals surface area contributed by atoms with E-state index in [1.54, 1.807) is 0 Å². The predicted molar refractivity (Wildman–Crippen MR) is 60.9 cm³/mol. The Kier molecular flexibility index (Phi) is 4.14. The standard InChI is InChI=1S/C12H23NO2/c1-4-13(5-2)12(3,11(14)15)9-10-7-6-8-10/h10H,4-9H2,1-3H3,(H,14,15). The maximum atomic E-state index is 11.4. The SMILES string of the molecule is CCN(CC)C(C)(CC1CCC1)C(=O)O. The van der Waals surface area contributed by atoms with Gasteiger partial charge in [0.25, 0.3) is 0 Å². The topological polar surface area (TPSA) is 40.5 Å². The third kappa shape index (κ3) is 2.51. The molecule has 0 aromatic carbocycles. The minimum atomic E-state index is -0.668. The van der Waals surface area contributed by atoms with Crippen molar-refractivity contribution in [3.05, 3.63) is 0 Å². The lowest BCUT2D eigenvalue weighted by molar-refractivity contribution is -0.152. The Morgan fingerprint density at radius 3 is 2.20 bits per heavy atom. The fourth-order valence-electron chi connectivity index (χ4n) is 2.53. The molecule has 1 saturated carbocycles. The molecular weight excluding hydrogens is 190 g/mol. The van der Waals surface area contributed by atoms with Crippen molar-refractivity contribution < 1.29 is 9.90 Å². The molecule has 1 fully saturated rings. The van der Waals surface area contributed by atoms with Gasteiger partial charge in [0.1, 0.15) is 5.54 Å². The highest BCUT2D eigenvalue weighted by Crippen LogP contribution is 2.36. The van der Waals surface area contributed by atoms with E-state index >= 15 is 0 Å². The van der Waals surface area contributed by atoms with Crippen LogP contribution in [0.4, 0.5) is 0 Å². The number of carboxylic acid groups (broad SMARTS) is 1. The highest BCUT2D eigenvalue weighted by atomic mass is 16.4. The number of hydrogen-bond donors (Lipinski definition) is 1. The van der Waals surface area contributed by atoms with Gasteiger partial charge >= 0.3 is 5.97 Å². The summed E-state index contributed by atoms with van der Waals surface area (Å²) in [6, 6.07) is 0. The van der Waals surface area contributed by atoms with E-state index in [-0.39, 0.29) is 0 Å². The average Bonchev–Trinajstić information content (AvgIpc) is 2.13. The molecule has 3 heteroatoms. The van der Waals surface area contributed by atoms with Crippen molar-refractivity contribution >= 4 is 5.97 Å². The van der Waals surface area contributed by atoms with Crippen molar-refractivity contribution in [3.63, 3.8) is 0 Å².